The molecule has 0 fully saturated rings. The lowest BCUT2D eigenvalue weighted by Gasteiger charge is -2.09. The summed E-state index contributed by atoms with van der Waals surface area (Å²) in [6.07, 6.45) is 4.34. The minimum atomic E-state index is 0.462. The van der Waals surface area contributed by atoms with E-state index in [2.05, 4.69) is 26.8 Å². The number of phenols is 1. The van der Waals surface area contributed by atoms with Crippen LogP contribution in [0.5, 0.6) is 5.75 Å². The van der Waals surface area contributed by atoms with Crippen LogP contribution in [0.25, 0.3) is 0 Å². The fourth-order valence-electron chi connectivity index (χ4n) is 1.80. The first kappa shape index (κ1) is 11.1. The fraction of sp³-hybridized carbons (Fsp3) is 0.538. The van der Waals surface area contributed by atoms with Gasteiger partial charge in [-0.25, -0.2) is 0 Å². The van der Waals surface area contributed by atoms with E-state index in [9.17, 15) is 5.11 Å². The highest BCUT2D eigenvalue weighted by Gasteiger charge is 2.05. The Balaban J connectivity index is 3.00. The Hall–Kier alpha value is -0.980. The van der Waals surface area contributed by atoms with Crippen molar-refractivity contribution in [1.29, 1.82) is 0 Å². The third-order valence-corrected chi connectivity index (χ3v) is 2.58. The second-order valence-electron chi connectivity index (χ2n) is 3.91. The van der Waals surface area contributed by atoms with Gasteiger partial charge in [-0.2, -0.15) is 0 Å². The van der Waals surface area contributed by atoms with E-state index >= 15 is 0 Å². The summed E-state index contributed by atoms with van der Waals surface area (Å²) in [5.41, 5.74) is 3.69. The molecule has 1 aromatic carbocycles. The molecule has 0 saturated heterocycles. The Labute approximate surface area is 86.8 Å². The average molecular weight is 192 g/mol. The van der Waals surface area contributed by atoms with Crippen LogP contribution in [0.2, 0.25) is 0 Å². The van der Waals surface area contributed by atoms with E-state index in [0.29, 0.717) is 5.75 Å². The number of phenolic OH excluding ortho intramolecular Hbond substituents is 1. The number of hydrogen-bond acceptors (Lipinski definition) is 1. The van der Waals surface area contributed by atoms with Crippen molar-refractivity contribution in [2.75, 3.05) is 0 Å². The summed E-state index contributed by atoms with van der Waals surface area (Å²) >= 11 is 0. The highest BCUT2D eigenvalue weighted by atomic mass is 16.3. The zero-order valence-corrected chi connectivity index (χ0v) is 9.43. The summed E-state index contributed by atoms with van der Waals surface area (Å²) in [5.74, 6) is 0.462. The van der Waals surface area contributed by atoms with Gasteiger partial charge in [0.1, 0.15) is 5.75 Å². The minimum absolute atomic E-state index is 0.462. The second kappa shape index (κ2) is 5.04. The van der Waals surface area contributed by atoms with E-state index in [1.54, 1.807) is 0 Å². The van der Waals surface area contributed by atoms with Crippen LogP contribution in [0.3, 0.4) is 0 Å². The summed E-state index contributed by atoms with van der Waals surface area (Å²) in [6, 6.07) is 4.06. The van der Waals surface area contributed by atoms with Gasteiger partial charge in [0.15, 0.2) is 0 Å². The van der Waals surface area contributed by atoms with Gasteiger partial charge < -0.3 is 5.11 Å². The number of rotatable bonds is 4. The van der Waals surface area contributed by atoms with Crippen LogP contribution >= 0.6 is 0 Å². The Morgan fingerprint density at radius 3 is 2.14 bits per heavy atom. The first-order valence-corrected chi connectivity index (χ1v) is 5.50. The van der Waals surface area contributed by atoms with Gasteiger partial charge in [0, 0.05) is 0 Å². The maximum Gasteiger partial charge on any atom is 0.119 e. The average Bonchev–Trinajstić information content (AvgIpc) is 2.14. The quantitative estimate of drug-likeness (QED) is 0.772. The normalized spacial score (nSPS) is 10.5. The van der Waals surface area contributed by atoms with Crippen LogP contribution in [0.1, 0.15) is 43.4 Å². The molecule has 0 unspecified atom stereocenters. The molecule has 0 aliphatic carbocycles. The molecule has 0 radical (unpaired) electrons. The van der Waals surface area contributed by atoms with E-state index in [0.717, 1.165) is 31.2 Å². The third-order valence-electron chi connectivity index (χ3n) is 2.58. The molecule has 1 nitrogen and oxygen atoms in total. The molecule has 0 bridgehead atoms. The maximum atomic E-state index is 9.72. The number of aryl methyl sites for hydroxylation is 3. The first-order chi connectivity index (χ1) is 6.69. The van der Waals surface area contributed by atoms with Crippen molar-refractivity contribution >= 4 is 0 Å². The second-order valence-corrected chi connectivity index (χ2v) is 3.91. The predicted octanol–water partition coefficient (Wildman–Crippen LogP) is 3.61. The van der Waals surface area contributed by atoms with Gasteiger partial charge in [-0.05, 0) is 42.5 Å². The van der Waals surface area contributed by atoms with Crippen molar-refractivity contribution in [2.45, 2.75) is 46.5 Å². The van der Waals surface area contributed by atoms with Gasteiger partial charge in [-0.1, -0.05) is 32.8 Å². The lowest BCUT2D eigenvalue weighted by atomic mass is 9.98. The lowest BCUT2D eigenvalue weighted by molar-refractivity contribution is 0.466. The van der Waals surface area contributed by atoms with Gasteiger partial charge in [0.2, 0.25) is 0 Å². The topological polar surface area (TPSA) is 20.2 Å². The van der Waals surface area contributed by atoms with E-state index in [1.807, 2.05) is 6.07 Å². The van der Waals surface area contributed by atoms with E-state index in [4.69, 9.17) is 0 Å². The SMILES string of the molecule is CCCc1cc(CCC)c(O)cc1C. The highest BCUT2D eigenvalue weighted by Crippen LogP contribution is 2.24. The lowest BCUT2D eigenvalue weighted by Crippen LogP contribution is -1.93. The molecule has 0 aliphatic heterocycles. The van der Waals surface area contributed by atoms with E-state index in [-0.39, 0.29) is 0 Å². The van der Waals surface area contributed by atoms with Gasteiger partial charge >= 0.3 is 0 Å². The molecule has 0 heterocycles. The standard InChI is InChI=1S/C13H20O/c1-4-6-11-9-12(7-5-2)13(14)8-10(11)3/h8-9,14H,4-7H2,1-3H3. The van der Waals surface area contributed by atoms with Crippen LogP contribution in [0.15, 0.2) is 12.1 Å². The Bertz CT molecular complexity index is 275. The molecule has 0 atom stereocenters. The molecule has 14 heavy (non-hydrogen) atoms. The van der Waals surface area contributed by atoms with Crippen molar-refractivity contribution in [3.63, 3.8) is 0 Å². The molecule has 78 valence electrons. The van der Waals surface area contributed by atoms with E-state index in [1.165, 1.54) is 11.1 Å². The Morgan fingerprint density at radius 2 is 1.57 bits per heavy atom. The molecule has 0 amide bonds. The van der Waals surface area contributed by atoms with Crippen molar-refractivity contribution < 1.29 is 5.11 Å². The summed E-state index contributed by atoms with van der Waals surface area (Å²) in [6.45, 7) is 6.39. The minimum Gasteiger partial charge on any atom is -0.508 e. The zero-order valence-electron chi connectivity index (χ0n) is 9.43. The number of aromatic hydroxyl groups is 1. The largest absolute Gasteiger partial charge is 0.508 e. The summed E-state index contributed by atoms with van der Waals surface area (Å²) in [5, 5.41) is 9.72. The molecule has 0 spiro atoms. The smallest absolute Gasteiger partial charge is 0.119 e. The van der Waals surface area contributed by atoms with Gasteiger partial charge in [-0.15, -0.1) is 0 Å². The molecule has 1 rings (SSSR count). The van der Waals surface area contributed by atoms with Crippen molar-refractivity contribution in [2.24, 2.45) is 0 Å². The summed E-state index contributed by atoms with van der Waals surface area (Å²) < 4.78 is 0. The monoisotopic (exact) mass is 192 g/mol. The fourth-order valence-corrected chi connectivity index (χ4v) is 1.80. The van der Waals surface area contributed by atoms with E-state index < -0.39 is 0 Å². The maximum absolute atomic E-state index is 9.72. The van der Waals surface area contributed by atoms with Crippen molar-refractivity contribution in [3.05, 3.63) is 28.8 Å². The highest BCUT2D eigenvalue weighted by molar-refractivity contribution is 5.41. The zero-order chi connectivity index (χ0) is 10.6. The third kappa shape index (κ3) is 2.50. The molecular formula is C13H20O. The predicted molar refractivity (Wildman–Crippen MR) is 60.8 cm³/mol. The molecule has 0 aliphatic rings. The molecule has 1 aromatic rings. The van der Waals surface area contributed by atoms with Crippen molar-refractivity contribution in [3.8, 4) is 5.75 Å². The van der Waals surface area contributed by atoms with Crippen LogP contribution in [-0.2, 0) is 12.8 Å². The van der Waals surface area contributed by atoms with Crippen LogP contribution in [0.4, 0.5) is 0 Å². The molecule has 1 N–H and O–H groups in total. The Morgan fingerprint density at radius 1 is 1.00 bits per heavy atom. The number of benzene rings is 1. The van der Waals surface area contributed by atoms with Gasteiger partial charge in [-0.3, -0.25) is 0 Å². The summed E-state index contributed by atoms with van der Waals surface area (Å²) in [4.78, 5) is 0. The Kier molecular flexibility index (Phi) is 3.99. The van der Waals surface area contributed by atoms with Crippen LogP contribution in [0, 0.1) is 6.92 Å². The van der Waals surface area contributed by atoms with Crippen LogP contribution in [-0.4, -0.2) is 5.11 Å². The van der Waals surface area contributed by atoms with Gasteiger partial charge in [0.05, 0.1) is 0 Å². The van der Waals surface area contributed by atoms with Crippen LogP contribution < -0.4 is 0 Å². The van der Waals surface area contributed by atoms with Gasteiger partial charge in [0.25, 0.3) is 0 Å². The molecule has 0 aromatic heterocycles. The number of hydrogen-bond donors (Lipinski definition) is 1. The van der Waals surface area contributed by atoms with Crippen molar-refractivity contribution in [1.82, 2.24) is 0 Å². The molecule has 1 heteroatoms. The first-order valence-electron chi connectivity index (χ1n) is 5.50. The molecule has 0 saturated carbocycles. The summed E-state index contributed by atoms with van der Waals surface area (Å²) in [7, 11) is 0. The molecular weight excluding hydrogens is 172 g/mol.